The largest absolute Gasteiger partial charge is 0.391 e. The van der Waals surface area contributed by atoms with Crippen molar-refractivity contribution in [3.8, 4) is 0 Å². The van der Waals surface area contributed by atoms with Gasteiger partial charge in [0.25, 0.3) is 5.91 Å². The van der Waals surface area contributed by atoms with E-state index in [1.165, 1.54) is 17.0 Å². The lowest BCUT2D eigenvalue weighted by molar-refractivity contribution is 0.0763. The van der Waals surface area contributed by atoms with Crippen LogP contribution in [0.3, 0.4) is 0 Å². The van der Waals surface area contributed by atoms with E-state index in [1.54, 1.807) is 19.1 Å². The third kappa shape index (κ3) is 3.79. The second-order valence-electron chi connectivity index (χ2n) is 6.70. The minimum atomic E-state index is -3.90. The summed E-state index contributed by atoms with van der Waals surface area (Å²) < 4.78 is 28.3. The number of sulfonamides is 1. The Labute approximate surface area is 151 Å². The third-order valence-electron chi connectivity index (χ3n) is 4.60. The highest BCUT2D eigenvalue weighted by Gasteiger charge is 2.35. The average molecular weight is 379 g/mol. The van der Waals surface area contributed by atoms with Gasteiger partial charge in [0.15, 0.2) is 0 Å². The van der Waals surface area contributed by atoms with Crippen LogP contribution in [0.2, 0.25) is 0 Å². The van der Waals surface area contributed by atoms with Crippen molar-refractivity contribution in [2.45, 2.75) is 31.3 Å². The zero-order valence-corrected chi connectivity index (χ0v) is 15.4. The van der Waals surface area contributed by atoms with Crippen molar-refractivity contribution in [1.29, 1.82) is 0 Å². The summed E-state index contributed by atoms with van der Waals surface area (Å²) in [5, 5.41) is 19.3. The van der Waals surface area contributed by atoms with Crippen molar-refractivity contribution in [3.05, 3.63) is 46.8 Å². The molecule has 0 radical (unpaired) electrons. The molecule has 1 saturated heterocycles. The molecular formula is C17H21N3O5S. The lowest BCUT2D eigenvalue weighted by Crippen LogP contribution is -2.30. The molecule has 0 saturated carbocycles. The zero-order valence-electron chi connectivity index (χ0n) is 14.5. The number of amides is 1. The lowest BCUT2D eigenvalue weighted by atomic mass is 10.0. The molecule has 9 heteroatoms. The molecule has 0 aliphatic carbocycles. The monoisotopic (exact) mass is 379 g/mol. The molecule has 2 aromatic rings. The minimum absolute atomic E-state index is 0.111. The molecule has 2 atom stereocenters. The van der Waals surface area contributed by atoms with Crippen LogP contribution < -0.4 is 5.14 Å². The van der Waals surface area contributed by atoms with Crippen LogP contribution in [0.15, 0.2) is 33.7 Å². The van der Waals surface area contributed by atoms with Crippen LogP contribution in [-0.4, -0.2) is 48.7 Å². The molecule has 0 unspecified atom stereocenters. The van der Waals surface area contributed by atoms with Crippen LogP contribution in [0.25, 0.3) is 0 Å². The van der Waals surface area contributed by atoms with E-state index in [-0.39, 0.29) is 28.8 Å². The van der Waals surface area contributed by atoms with Crippen molar-refractivity contribution in [3.63, 3.8) is 0 Å². The number of rotatable bonds is 4. The predicted octanol–water partition coefficient (Wildman–Crippen LogP) is 0.614. The molecule has 3 rings (SSSR count). The first-order valence-corrected chi connectivity index (χ1v) is 9.73. The van der Waals surface area contributed by atoms with Gasteiger partial charge < -0.3 is 14.5 Å². The molecule has 1 aromatic carbocycles. The Morgan fingerprint density at radius 3 is 2.69 bits per heavy atom. The number of likely N-dealkylation sites (tertiary alicyclic amines) is 1. The fraction of sp³-hybridized carbons (Fsp3) is 0.412. The highest BCUT2D eigenvalue weighted by atomic mass is 32.2. The number of primary sulfonamides is 1. The fourth-order valence-corrected chi connectivity index (χ4v) is 3.71. The van der Waals surface area contributed by atoms with E-state index in [0.29, 0.717) is 24.3 Å². The van der Waals surface area contributed by atoms with Crippen LogP contribution >= 0.6 is 0 Å². The number of hydrogen-bond donors (Lipinski definition) is 2. The van der Waals surface area contributed by atoms with Crippen LogP contribution in [-0.2, 0) is 16.4 Å². The molecule has 0 bridgehead atoms. The van der Waals surface area contributed by atoms with Gasteiger partial charge in [-0.05, 0) is 31.5 Å². The number of nitrogens with zero attached hydrogens (tertiary/aromatic N) is 2. The molecular weight excluding hydrogens is 358 g/mol. The number of aliphatic hydroxyl groups is 1. The van der Waals surface area contributed by atoms with E-state index in [2.05, 4.69) is 5.16 Å². The van der Waals surface area contributed by atoms with E-state index in [0.717, 1.165) is 5.69 Å². The third-order valence-corrected chi connectivity index (χ3v) is 5.51. The number of nitrogens with two attached hydrogens (primary N) is 1. The number of aromatic nitrogens is 1. The summed E-state index contributed by atoms with van der Waals surface area (Å²) >= 11 is 0. The molecule has 2 heterocycles. The molecule has 1 aliphatic heterocycles. The number of aliphatic hydroxyl groups excluding tert-OH is 1. The van der Waals surface area contributed by atoms with Gasteiger partial charge in [0.05, 0.1) is 16.7 Å². The standard InChI is InChI=1S/C17H21N3O5S/c1-10-3-4-14(26(18,23)24)7-15(10)17(22)20-8-12(16(21)9-20)6-13-5-11(2)19-25-13/h3-5,7,12,16,21H,6,8-9H2,1-2H3,(H2,18,23,24)/t12-,16-/m1/s1. The second kappa shape index (κ2) is 6.82. The van der Waals surface area contributed by atoms with E-state index in [9.17, 15) is 18.3 Å². The summed E-state index contributed by atoms with van der Waals surface area (Å²) in [7, 11) is -3.90. The number of carbonyl (C=O) groups is 1. The average Bonchev–Trinajstić information content (AvgIpc) is 3.12. The number of β-amino-alcohol motifs (C(OH)–C–C–N with tert-alkyl or cyclic N) is 1. The van der Waals surface area contributed by atoms with E-state index >= 15 is 0 Å². The molecule has 140 valence electrons. The van der Waals surface area contributed by atoms with Crippen LogP contribution in [0.1, 0.15) is 27.4 Å². The number of hydrogen-bond acceptors (Lipinski definition) is 6. The summed E-state index contributed by atoms with van der Waals surface area (Å²) in [6, 6.07) is 6.01. The van der Waals surface area contributed by atoms with Crippen LogP contribution in [0.5, 0.6) is 0 Å². The summed E-state index contributed by atoms with van der Waals surface area (Å²) in [4.78, 5) is 14.2. The first kappa shape index (κ1) is 18.6. The Kier molecular flexibility index (Phi) is 4.87. The highest BCUT2D eigenvalue weighted by Crippen LogP contribution is 2.25. The van der Waals surface area contributed by atoms with Crippen LogP contribution in [0.4, 0.5) is 0 Å². The Hall–Kier alpha value is -2.23. The smallest absolute Gasteiger partial charge is 0.254 e. The molecule has 1 amide bonds. The normalized spacial score (nSPS) is 20.5. The zero-order chi connectivity index (χ0) is 19.1. The first-order valence-electron chi connectivity index (χ1n) is 8.18. The maximum Gasteiger partial charge on any atom is 0.254 e. The molecule has 8 nitrogen and oxygen atoms in total. The second-order valence-corrected chi connectivity index (χ2v) is 8.26. The van der Waals surface area contributed by atoms with Crippen molar-refractivity contribution < 1.29 is 22.8 Å². The van der Waals surface area contributed by atoms with Gasteiger partial charge in [0, 0.05) is 37.1 Å². The van der Waals surface area contributed by atoms with Gasteiger partial charge in [-0.15, -0.1) is 0 Å². The van der Waals surface area contributed by atoms with Crippen molar-refractivity contribution in [2.24, 2.45) is 11.1 Å². The number of aryl methyl sites for hydroxylation is 2. The maximum absolute atomic E-state index is 12.8. The van der Waals surface area contributed by atoms with Crippen LogP contribution in [0, 0.1) is 19.8 Å². The Morgan fingerprint density at radius 2 is 2.08 bits per heavy atom. The van der Waals surface area contributed by atoms with Gasteiger partial charge in [-0.1, -0.05) is 11.2 Å². The minimum Gasteiger partial charge on any atom is -0.391 e. The van der Waals surface area contributed by atoms with E-state index < -0.39 is 16.1 Å². The molecule has 26 heavy (non-hydrogen) atoms. The van der Waals surface area contributed by atoms with Gasteiger partial charge in [-0.2, -0.15) is 0 Å². The SMILES string of the molecule is Cc1cc(C[C@@H]2CN(C(=O)c3cc(S(N)(=O)=O)ccc3C)C[C@H]2O)on1. The quantitative estimate of drug-likeness (QED) is 0.801. The van der Waals surface area contributed by atoms with Gasteiger partial charge >= 0.3 is 0 Å². The van der Waals surface area contributed by atoms with Gasteiger partial charge in [0.2, 0.25) is 10.0 Å². The molecule has 1 aromatic heterocycles. The van der Waals surface area contributed by atoms with Crippen molar-refractivity contribution in [2.75, 3.05) is 13.1 Å². The van der Waals surface area contributed by atoms with Crippen molar-refractivity contribution in [1.82, 2.24) is 10.1 Å². The van der Waals surface area contributed by atoms with Gasteiger partial charge in [-0.25, -0.2) is 13.6 Å². The summed E-state index contributed by atoms with van der Waals surface area (Å²) in [5.74, 6) is 0.157. The van der Waals surface area contributed by atoms with Gasteiger partial charge in [-0.3, -0.25) is 4.79 Å². The molecule has 1 aliphatic rings. The maximum atomic E-state index is 12.8. The summed E-state index contributed by atoms with van der Waals surface area (Å²) in [6.45, 7) is 4.06. The Balaban J connectivity index is 1.78. The molecule has 0 spiro atoms. The summed E-state index contributed by atoms with van der Waals surface area (Å²) in [5.41, 5.74) is 1.67. The molecule has 1 fully saturated rings. The first-order chi connectivity index (χ1) is 12.1. The fourth-order valence-electron chi connectivity index (χ4n) is 3.17. The molecule has 3 N–H and O–H groups in total. The van der Waals surface area contributed by atoms with E-state index in [4.69, 9.17) is 9.66 Å². The number of carbonyl (C=O) groups excluding carboxylic acids is 1. The highest BCUT2D eigenvalue weighted by molar-refractivity contribution is 7.89. The van der Waals surface area contributed by atoms with Crippen molar-refractivity contribution >= 4 is 15.9 Å². The lowest BCUT2D eigenvalue weighted by Gasteiger charge is -2.18. The topological polar surface area (TPSA) is 127 Å². The predicted molar refractivity (Wildman–Crippen MR) is 92.9 cm³/mol. The Morgan fingerprint density at radius 1 is 1.35 bits per heavy atom. The Bertz CT molecular complexity index is 938. The number of benzene rings is 1. The van der Waals surface area contributed by atoms with E-state index in [1.807, 2.05) is 6.92 Å². The van der Waals surface area contributed by atoms with Gasteiger partial charge in [0.1, 0.15) is 5.76 Å². The summed E-state index contributed by atoms with van der Waals surface area (Å²) in [6.07, 6.45) is -0.215.